The molecule has 0 aliphatic carbocycles. The van der Waals surface area contributed by atoms with Crippen LogP contribution >= 0.6 is 11.3 Å². The molecule has 0 spiro atoms. The van der Waals surface area contributed by atoms with Gasteiger partial charge in [0.05, 0.1) is 18.1 Å². The van der Waals surface area contributed by atoms with Crippen molar-refractivity contribution in [2.24, 2.45) is 0 Å². The van der Waals surface area contributed by atoms with E-state index in [1.807, 2.05) is 31.2 Å². The smallest absolute Gasteiger partial charge is 0.271 e. The van der Waals surface area contributed by atoms with Gasteiger partial charge in [-0.3, -0.25) is 9.59 Å². The summed E-state index contributed by atoms with van der Waals surface area (Å²) in [7, 11) is -3.07. The SMILES string of the molecule is CCOc1ccc(-c2nc(C(=O)NC(C)C(=O)N3CCS(=O)(=O)CC3)cs2)cc1. The van der Waals surface area contributed by atoms with E-state index in [9.17, 15) is 18.0 Å². The Morgan fingerprint density at radius 1 is 1.24 bits per heavy atom. The van der Waals surface area contributed by atoms with Crippen LogP contribution in [0.4, 0.5) is 0 Å². The number of hydrogen-bond donors (Lipinski definition) is 1. The van der Waals surface area contributed by atoms with Crippen molar-refractivity contribution in [2.75, 3.05) is 31.2 Å². The second-order valence-corrected chi connectivity index (χ2v) is 9.83. The lowest BCUT2D eigenvalue weighted by Gasteiger charge is -2.29. The zero-order chi connectivity index (χ0) is 21.0. The molecule has 10 heteroatoms. The second-order valence-electron chi connectivity index (χ2n) is 6.67. The molecule has 1 atom stereocenters. The van der Waals surface area contributed by atoms with E-state index in [0.29, 0.717) is 11.6 Å². The van der Waals surface area contributed by atoms with Gasteiger partial charge in [-0.1, -0.05) is 0 Å². The largest absolute Gasteiger partial charge is 0.494 e. The molecule has 2 aromatic rings. The summed E-state index contributed by atoms with van der Waals surface area (Å²) >= 11 is 1.34. The Morgan fingerprint density at radius 2 is 1.90 bits per heavy atom. The Hall–Kier alpha value is -2.46. The minimum Gasteiger partial charge on any atom is -0.494 e. The molecule has 1 fully saturated rings. The Bertz CT molecular complexity index is 972. The Balaban J connectivity index is 1.60. The molecule has 156 valence electrons. The summed E-state index contributed by atoms with van der Waals surface area (Å²) < 4.78 is 28.4. The fraction of sp³-hybridized carbons (Fsp3) is 0.421. The lowest BCUT2D eigenvalue weighted by Crippen LogP contribution is -2.51. The van der Waals surface area contributed by atoms with Gasteiger partial charge in [-0.15, -0.1) is 11.3 Å². The molecule has 29 heavy (non-hydrogen) atoms. The maximum absolute atomic E-state index is 12.5. The first-order valence-corrected chi connectivity index (χ1v) is 12.0. The van der Waals surface area contributed by atoms with Crippen LogP contribution in [0.15, 0.2) is 29.6 Å². The molecular weight excluding hydrogens is 414 g/mol. The van der Waals surface area contributed by atoms with E-state index in [0.717, 1.165) is 11.3 Å². The molecule has 1 aromatic carbocycles. The molecule has 0 bridgehead atoms. The van der Waals surface area contributed by atoms with Crippen LogP contribution in [0.2, 0.25) is 0 Å². The van der Waals surface area contributed by atoms with Gasteiger partial charge >= 0.3 is 0 Å². The van der Waals surface area contributed by atoms with E-state index in [4.69, 9.17) is 4.74 Å². The lowest BCUT2D eigenvalue weighted by molar-refractivity contribution is -0.132. The number of nitrogens with one attached hydrogen (secondary N) is 1. The first-order chi connectivity index (χ1) is 13.8. The summed E-state index contributed by atoms with van der Waals surface area (Å²) in [5.41, 5.74) is 1.11. The highest BCUT2D eigenvalue weighted by Gasteiger charge is 2.29. The Morgan fingerprint density at radius 3 is 2.52 bits per heavy atom. The van der Waals surface area contributed by atoms with Crippen molar-refractivity contribution in [3.05, 3.63) is 35.3 Å². The van der Waals surface area contributed by atoms with E-state index in [-0.39, 0.29) is 36.2 Å². The van der Waals surface area contributed by atoms with E-state index >= 15 is 0 Å². The van der Waals surface area contributed by atoms with Crippen LogP contribution in [0.1, 0.15) is 24.3 Å². The maximum Gasteiger partial charge on any atom is 0.271 e. The molecule has 1 aliphatic heterocycles. The number of carbonyl (C=O) groups excluding carboxylic acids is 2. The average Bonchev–Trinajstić information content (AvgIpc) is 3.18. The van der Waals surface area contributed by atoms with Crippen LogP contribution < -0.4 is 10.1 Å². The van der Waals surface area contributed by atoms with E-state index in [1.54, 1.807) is 12.3 Å². The molecule has 3 rings (SSSR count). The molecule has 0 saturated carbocycles. The monoisotopic (exact) mass is 437 g/mol. The van der Waals surface area contributed by atoms with Gasteiger partial charge in [-0.25, -0.2) is 13.4 Å². The Labute approximate surface area is 173 Å². The normalized spacial score (nSPS) is 16.8. The van der Waals surface area contributed by atoms with E-state index in [1.165, 1.54) is 16.2 Å². The number of thiazole rings is 1. The first-order valence-electron chi connectivity index (χ1n) is 9.28. The summed E-state index contributed by atoms with van der Waals surface area (Å²) in [6, 6.07) is 6.68. The lowest BCUT2D eigenvalue weighted by atomic mass is 10.2. The first kappa shape index (κ1) is 21.3. The van der Waals surface area contributed by atoms with Crippen molar-refractivity contribution < 1.29 is 22.7 Å². The summed E-state index contributed by atoms with van der Waals surface area (Å²) in [6.07, 6.45) is 0. The van der Waals surface area contributed by atoms with Crippen molar-refractivity contribution in [3.63, 3.8) is 0 Å². The Kier molecular flexibility index (Phi) is 6.53. The summed E-state index contributed by atoms with van der Waals surface area (Å²) in [4.78, 5) is 30.8. The predicted octanol–water partition coefficient (Wildman–Crippen LogP) is 1.58. The molecule has 1 unspecified atom stereocenters. The van der Waals surface area contributed by atoms with Crippen LogP contribution in [0.5, 0.6) is 5.75 Å². The number of aromatic nitrogens is 1. The fourth-order valence-corrected chi connectivity index (χ4v) is 4.92. The quantitative estimate of drug-likeness (QED) is 0.736. The molecule has 2 amide bonds. The van der Waals surface area contributed by atoms with Crippen molar-refractivity contribution in [1.82, 2.24) is 15.2 Å². The molecule has 1 aromatic heterocycles. The number of carbonyl (C=O) groups is 2. The molecule has 1 saturated heterocycles. The molecule has 1 N–H and O–H groups in total. The second kappa shape index (κ2) is 8.91. The van der Waals surface area contributed by atoms with Crippen LogP contribution in [-0.4, -0.2) is 67.4 Å². The van der Waals surface area contributed by atoms with Gasteiger partial charge in [0, 0.05) is 24.0 Å². The van der Waals surface area contributed by atoms with Gasteiger partial charge in [0.1, 0.15) is 22.5 Å². The van der Waals surface area contributed by atoms with Crippen molar-refractivity contribution in [1.29, 1.82) is 0 Å². The summed E-state index contributed by atoms with van der Waals surface area (Å²) in [6.45, 7) is 4.40. The van der Waals surface area contributed by atoms with E-state index < -0.39 is 21.8 Å². The highest BCUT2D eigenvalue weighted by Crippen LogP contribution is 2.25. The van der Waals surface area contributed by atoms with Gasteiger partial charge in [-0.2, -0.15) is 0 Å². The standard InChI is InChI=1S/C19H23N3O5S2/c1-3-27-15-6-4-14(5-7-15)18-21-16(12-28-18)17(23)20-13(2)19(24)22-8-10-29(25,26)11-9-22/h4-7,12-13H,3,8-11H2,1-2H3,(H,20,23). The van der Waals surface area contributed by atoms with Crippen molar-refractivity contribution in [3.8, 4) is 16.3 Å². The number of sulfone groups is 1. The zero-order valence-electron chi connectivity index (χ0n) is 16.3. The van der Waals surface area contributed by atoms with Crippen LogP contribution in [0, 0.1) is 0 Å². The predicted molar refractivity (Wildman–Crippen MR) is 111 cm³/mol. The van der Waals surface area contributed by atoms with Gasteiger partial charge < -0.3 is 15.0 Å². The zero-order valence-corrected chi connectivity index (χ0v) is 17.9. The number of benzene rings is 1. The average molecular weight is 438 g/mol. The topological polar surface area (TPSA) is 106 Å². The van der Waals surface area contributed by atoms with Gasteiger partial charge in [0.25, 0.3) is 5.91 Å². The third-order valence-electron chi connectivity index (χ3n) is 4.52. The minimum atomic E-state index is -3.07. The molecule has 8 nitrogen and oxygen atoms in total. The van der Waals surface area contributed by atoms with Crippen molar-refractivity contribution in [2.45, 2.75) is 19.9 Å². The number of ether oxygens (including phenoxy) is 1. The van der Waals surface area contributed by atoms with Crippen LogP contribution in [-0.2, 0) is 14.6 Å². The molecular formula is C19H23N3O5S2. The maximum atomic E-state index is 12.5. The number of hydrogen-bond acceptors (Lipinski definition) is 7. The highest BCUT2D eigenvalue weighted by molar-refractivity contribution is 7.91. The van der Waals surface area contributed by atoms with E-state index in [2.05, 4.69) is 10.3 Å². The summed E-state index contributed by atoms with van der Waals surface area (Å²) in [5, 5.41) is 4.99. The van der Waals surface area contributed by atoms with Gasteiger partial charge in [-0.05, 0) is 38.1 Å². The fourth-order valence-electron chi connectivity index (χ4n) is 2.91. The van der Waals surface area contributed by atoms with Crippen molar-refractivity contribution >= 4 is 33.0 Å². The third-order valence-corrected chi connectivity index (χ3v) is 7.02. The molecule has 1 aliphatic rings. The third kappa shape index (κ3) is 5.33. The number of amides is 2. The van der Waals surface area contributed by atoms with Crippen LogP contribution in [0.3, 0.4) is 0 Å². The minimum absolute atomic E-state index is 0.0447. The number of rotatable bonds is 6. The molecule has 0 radical (unpaired) electrons. The molecule has 2 heterocycles. The van der Waals surface area contributed by atoms with Gasteiger partial charge in [0.15, 0.2) is 9.84 Å². The highest BCUT2D eigenvalue weighted by atomic mass is 32.2. The van der Waals surface area contributed by atoms with Crippen LogP contribution in [0.25, 0.3) is 10.6 Å². The number of nitrogens with zero attached hydrogens (tertiary/aromatic N) is 2. The van der Waals surface area contributed by atoms with Gasteiger partial charge in [0.2, 0.25) is 5.91 Å². The summed E-state index contributed by atoms with van der Waals surface area (Å²) in [5.74, 6) is -0.0591.